The maximum atomic E-state index is 13.7. The Balaban J connectivity index is 0.00000260. The summed E-state index contributed by atoms with van der Waals surface area (Å²) < 4.78 is 47.3. The van der Waals surface area contributed by atoms with E-state index >= 15 is 0 Å². The molecule has 2 aliphatic heterocycles. The van der Waals surface area contributed by atoms with Gasteiger partial charge in [0.2, 0.25) is 5.91 Å². The molecule has 0 unspecified atom stereocenters. The SMILES string of the molecule is COc1ccc(-n2nnnc2C(F)(F)F)cc1CN1C[C@@H]2CN(C(=O)C(C)C)CCN2[C@H](C(c2ccccc2)c2ccccc2)C1.Cl.Cl. The number of nitrogens with zero attached hydrogens (tertiary/aromatic N) is 7. The van der Waals surface area contributed by atoms with Gasteiger partial charge in [-0.3, -0.25) is 14.6 Å². The molecule has 0 N–H and O–H groups in total. The van der Waals surface area contributed by atoms with E-state index in [2.05, 4.69) is 73.9 Å². The number of hydrogen-bond acceptors (Lipinski definition) is 7. The normalized spacial score (nSPS) is 18.6. The van der Waals surface area contributed by atoms with E-state index in [1.54, 1.807) is 19.2 Å². The first-order chi connectivity index (χ1) is 22.1. The van der Waals surface area contributed by atoms with Crippen molar-refractivity contribution in [2.24, 2.45) is 5.92 Å². The molecule has 0 aliphatic carbocycles. The maximum absolute atomic E-state index is 13.7. The molecule has 0 bridgehead atoms. The van der Waals surface area contributed by atoms with E-state index in [0.29, 0.717) is 43.2 Å². The van der Waals surface area contributed by atoms with Gasteiger partial charge in [0.25, 0.3) is 5.82 Å². The molecule has 0 saturated carbocycles. The summed E-state index contributed by atoms with van der Waals surface area (Å²) in [4.78, 5) is 20.0. The van der Waals surface area contributed by atoms with Crippen molar-refractivity contribution in [3.05, 3.63) is 101 Å². The number of ether oxygens (including phenoxy) is 1. The fourth-order valence-electron chi connectivity index (χ4n) is 6.96. The highest BCUT2D eigenvalue weighted by Gasteiger charge is 2.43. The summed E-state index contributed by atoms with van der Waals surface area (Å²) in [6.45, 7) is 7.71. The van der Waals surface area contributed by atoms with E-state index in [0.717, 1.165) is 12.1 Å². The summed E-state index contributed by atoms with van der Waals surface area (Å²) in [5, 5.41) is 10.1. The number of carbonyl (C=O) groups is 1. The van der Waals surface area contributed by atoms with Crippen LogP contribution in [0.25, 0.3) is 5.69 Å². The summed E-state index contributed by atoms with van der Waals surface area (Å²) in [6, 6.07) is 25.9. The molecular formula is C34H40Cl2F3N7O2. The summed E-state index contributed by atoms with van der Waals surface area (Å²) in [6.07, 6.45) is -4.71. The van der Waals surface area contributed by atoms with Crippen LogP contribution in [-0.4, -0.2) is 92.7 Å². The Hall–Kier alpha value is -3.71. The van der Waals surface area contributed by atoms with Gasteiger partial charge < -0.3 is 9.64 Å². The number of alkyl halides is 3. The molecule has 3 aromatic carbocycles. The van der Waals surface area contributed by atoms with Gasteiger partial charge in [-0.25, -0.2) is 0 Å². The predicted molar refractivity (Wildman–Crippen MR) is 181 cm³/mol. The Morgan fingerprint density at radius 2 is 1.56 bits per heavy atom. The number of fused-ring (bicyclic) bond motifs is 1. The average molecular weight is 707 g/mol. The van der Waals surface area contributed by atoms with Crippen molar-refractivity contribution >= 4 is 30.7 Å². The van der Waals surface area contributed by atoms with Crippen LogP contribution in [0.1, 0.15) is 42.3 Å². The first-order valence-electron chi connectivity index (χ1n) is 15.5. The average Bonchev–Trinajstić information content (AvgIpc) is 3.57. The molecule has 0 spiro atoms. The maximum Gasteiger partial charge on any atom is 0.453 e. The van der Waals surface area contributed by atoms with Crippen molar-refractivity contribution in [3.63, 3.8) is 0 Å². The predicted octanol–water partition coefficient (Wildman–Crippen LogP) is 5.72. The number of tetrazole rings is 1. The number of halogens is 5. The van der Waals surface area contributed by atoms with Gasteiger partial charge in [0.1, 0.15) is 5.75 Å². The van der Waals surface area contributed by atoms with E-state index in [-0.39, 0.29) is 60.3 Å². The van der Waals surface area contributed by atoms with Crippen molar-refractivity contribution in [1.82, 2.24) is 34.9 Å². The zero-order chi connectivity index (χ0) is 32.4. The van der Waals surface area contributed by atoms with Crippen molar-refractivity contribution in [2.75, 3.05) is 39.8 Å². The third kappa shape index (κ3) is 7.78. The number of hydrogen-bond donors (Lipinski definition) is 0. The summed E-state index contributed by atoms with van der Waals surface area (Å²) >= 11 is 0. The van der Waals surface area contributed by atoms with Crippen LogP contribution in [0.15, 0.2) is 78.9 Å². The van der Waals surface area contributed by atoms with Crippen LogP contribution in [0.2, 0.25) is 0 Å². The van der Waals surface area contributed by atoms with Crippen LogP contribution in [0, 0.1) is 5.92 Å². The minimum Gasteiger partial charge on any atom is -0.496 e. The third-order valence-electron chi connectivity index (χ3n) is 9.00. The van der Waals surface area contributed by atoms with Gasteiger partial charge in [-0.2, -0.15) is 17.9 Å². The molecule has 2 saturated heterocycles. The van der Waals surface area contributed by atoms with Gasteiger partial charge in [0, 0.05) is 68.8 Å². The number of benzene rings is 3. The second-order valence-electron chi connectivity index (χ2n) is 12.3. The highest BCUT2D eigenvalue weighted by Crippen LogP contribution is 2.37. The highest BCUT2D eigenvalue weighted by atomic mass is 35.5. The molecule has 1 amide bonds. The highest BCUT2D eigenvalue weighted by molar-refractivity contribution is 5.85. The van der Waals surface area contributed by atoms with Crippen LogP contribution in [0.5, 0.6) is 5.75 Å². The molecule has 3 heterocycles. The lowest BCUT2D eigenvalue weighted by atomic mass is 9.81. The van der Waals surface area contributed by atoms with E-state index in [4.69, 9.17) is 4.74 Å². The van der Waals surface area contributed by atoms with E-state index < -0.39 is 12.0 Å². The molecule has 0 radical (unpaired) electrons. The molecule has 258 valence electrons. The van der Waals surface area contributed by atoms with E-state index in [9.17, 15) is 18.0 Å². The molecular weight excluding hydrogens is 666 g/mol. The van der Waals surface area contributed by atoms with Crippen molar-refractivity contribution < 1.29 is 22.7 Å². The van der Waals surface area contributed by atoms with Gasteiger partial charge in [-0.1, -0.05) is 74.5 Å². The Kier molecular flexibility index (Phi) is 12.1. The van der Waals surface area contributed by atoms with E-state index in [1.807, 2.05) is 30.9 Å². The zero-order valence-corrected chi connectivity index (χ0v) is 28.6. The fourth-order valence-corrected chi connectivity index (χ4v) is 6.96. The number of amides is 1. The van der Waals surface area contributed by atoms with Crippen molar-refractivity contribution in [3.8, 4) is 11.4 Å². The van der Waals surface area contributed by atoms with Crippen LogP contribution < -0.4 is 4.74 Å². The smallest absolute Gasteiger partial charge is 0.453 e. The number of methoxy groups -OCH3 is 1. The zero-order valence-electron chi connectivity index (χ0n) is 27.0. The standard InChI is InChI=1S/C34H38F3N7O2.2ClH/c1-23(2)32(45)42-16-17-43-28(21-42)20-41(22-29(43)31(24-10-6-4-7-11-24)25-12-8-5-9-13-25)19-26-18-27(14-15-30(26)46-3)44-33(34(35,36)37)38-39-40-44;;/h4-15,18,23,28-29,31H,16-17,19-22H2,1-3H3;2*1H/t28-,29+;;/m1../s1. The molecule has 4 aromatic rings. The minimum absolute atomic E-state index is 0. The first kappa shape index (κ1) is 37.1. The number of carbonyl (C=O) groups excluding carboxylic acids is 1. The Labute approximate surface area is 290 Å². The molecule has 14 heteroatoms. The largest absolute Gasteiger partial charge is 0.496 e. The fraction of sp³-hybridized carbons (Fsp3) is 0.412. The Bertz CT molecular complexity index is 1600. The molecule has 2 fully saturated rings. The van der Waals surface area contributed by atoms with Gasteiger partial charge in [0.05, 0.1) is 12.8 Å². The lowest BCUT2D eigenvalue weighted by Crippen LogP contribution is -2.67. The van der Waals surface area contributed by atoms with Gasteiger partial charge in [0.15, 0.2) is 0 Å². The molecule has 6 rings (SSSR count). The Morgan fingerprint density at radius 1 is 0.917 bits per heavy atom. The molecule has 9 nitrogen and oxygen atoms in total. The number of aromatic nitrogens is 4. The quantitative estimate of drug-likeness (QED) is 0.232. The van der Waals surface area contributed by atoms with Gasteiger partial charge in [-0.15, -0.1) is 29.9 Å². The summed E-state index contributed by atoms with van der Waals surface area (Å²) in [7, 11) is 1.55. The van der Waals surface area contributed by atoms with Crippen molar-refractivity contribution in [2.45, 2.75) is 44.6 Å². The third-order valence-corrected chi connectivity index (χ3v) is 9.00. The lowest BCUT2D eigenvalue weighted by Gasteiger charge is -2.53. The lowest BCUT2D eigenvalue weighted by molar-refractivity contribution is -0.146. The number of piperazine rings is 2. The van der Waals surface area contributed by atoms with E-state index in [1.165, 1.54) is 17.2 Å². The van der Waals surface area contributed by atoms with Gasteiger partial charge >= 0.3 is 6.18 Å². The molecule has 2 atom stereocenters. The van der Waals surface area contributed by atoms with Crippen LogP contribution in [0.3, 0.4) is 0 Å². The first-order valence-corrected chi connectivity index (χ1v) is 15.5. The van der Waals surface area contributed by atoms with Crippen LogP contribution >= 0.6 is 24.8 Å². The topological polar surface area (TPSA) is 79.6 Å². The minimum atomic E-state index is -4.71. The van der Waals surface area contributed by atoms with Crippen LogP contribution in [-0.2, 0) is 17.5 Å². The van der Waals surface area contributed by atoms with Crippen molar-refractivity contribution in [1.29, 1.82) is 0 Å². The summed E-state index contributed by atoms with van der Waals surface area (Å²) in [5.41, 5.74) is 3.33. The number of rotatable bonds is 8. The molecule has 48 heavy (non-hydrogen) atoms. The second kappa shape index (κ2) is 15.7. The monoisotopic (exact) mass is 705 g/mol. The molecule has 2 aliphatic rings. The summed E-state index contributed by atoms with van der Waals surface area (Å²) in [5.74, 6) is -0.519. The second-order valence-corrected chi connectivity index (χ2v) is 12.3. The Morgan fingerprint density at radius 3 is 2.15 bits per heavy atom. The van der Waals surface area contributed by atoms with Gasteiger partial charge in [-0.05, 0) is 39.8 Å². The van der Waals surface area contributed by atoms with Crippen LogP contribution in [0.4, 0.5) is 13.2 Å². The molecule has 1 aromatic heterocycles.